The Bertz CT molecular complexity index is 896. The van der Waals surface area contributed by atoms with Gasteiger partial charge in [-0.1, -0.05) is 0 Å². The summed E-state index contributed by atoms with van der Waals surface area (Å²) in [6.45, 7) is 4.49. The van der Waals surface area contributed by atoms with Crippen LogP contribution >= 0.6 is 24.0 Å². The molecule has 0 amide bonds. The Hall–Kier alpha value is -2.27. The van der Waals surface area contributed by atoms with Gasteiger partial charge in [-0.15, -0.1) is 24.0 Å². The normalized spacial score (nSPS) is 14.2. The topological polar surface area (TPSA) is 75.6 Å². The van der Waals surface area contributed by atoms with E-state index in [1.165, 1.54) is 29.8 Å². The van der Waals surface area contributed by atoms with Crippen LogP contribution in [0.15, 0.2) is 41.4 Å². The van der Waals surface area contributed by atoms with Crippen molar-refractivity contribution in [1.29, 1.82) is 0 Å². The van der Waals surface area contributed by atoms with Gasteiger partial charge in [0, 0.05) is 19.6 Å². The molecule has 1 unspecified atom stereocenters. The van der Waals surface area contributed by atoms with E-state index in [4.69, 9.17) is 14.2 Å². The average Bonchev–Trinajstić information content (AvgIpc) is 2.80. The van der Waals surface area contributed by atoms with Gasteiger partial charge in [-0.25, -0.2) is 4.39 Å². The lowest BCUT2D eigenvalue weighted by Crippen LogP contribution is -2.44. The first-order chi connectivity index (χ1) is 15.0. The predicted molar refractivity (Wildman–Crippen MR) is 133 cm³/mol. The van der Waals surface area contributed by atoms with Crippen LogP contribution in [0.5, 0.6) is 17.2 Å². The van der Waals surface area contributed by atoms with Crippen LogP contribution in [0.1, 0.15) is 18.1 Å². The zero-order chi connectivity index (χ0) is 22.2. The van der Waals surface area contributed by atoms with E-state index < -0.39 is 6.10 Å². The molecule has 1 heterocycles. The van der Waals surface area contributed by atoms with E-state index in [9.17, 15) is 9.50 Å². The first-order valence-corrected chi connectivity index (χ1v) is 10.4. The molecule has 1 aliphatic rings. The van der Waals surface area contributed by atoms with Crippen LogP contribution in [0, 0.1) is 5.82 Å². The van der Waals surface area contributed by atoms with Gasteiger partial charge < -0.3 is 29.5 Å². The number of rotatable bonds is 8. The van der Waals surface area contributed by atoms with Crippen LogP contribution in [0.2, 0.25) is 0 Å². The smallest absolute Gasteiger partial charge is 0.194 e. The van der Waals surface area contributed by atoms with Crippen LogP contribution in [0.4, 0.5) is 4.39 Å². The van der Waals surface area contributed by atoms with Gasteiger partial charge in [-0.2, -0.15) is 0 Å². The molecule has 2 aromatic carbocycles. The summed E-state index contributed by atoms with van der Waals surface area (Å²) < 4.78 is 29.3. The largest absolute Gasteiger partial charge is 0.493 e. The molecular formula is C23H31FIN3O4. The highest BCUT2D eigenvalue weighted by Gasteiger charge is 2.22. The fraction of sp³-hybridized carbons (Fsp3) is 0.435. The summed E-state index contributed by atoms with van der Waals surface area (Å²) in [4.78, 5) is 6.76. The van der Waals surface area contributed by atoms with Crippen molar-refractivity contribution in [3.05, 3.63) is 53.3 Å². The molecule has 0 radical (unpaired) electrons. The van der Waals surface area contributed by atoms with Crippen molar-refractivity contribution < 1.29 is 23.7 Å². The van der Waals surface area contributed by atoms with Crippen LogP contribution < -0.4 is 19.5 Å². The minimum atomic E-state index is -0.778. The maximum Gasteiger partial charge on any atom is 0.194 e. The van der Waals surface area contributed by atoms with Gasteiger partial charge in [0.15, 0.2) is 17.5 Å². The maximum absolute atomic E-state index is 13.0. The van der Waals surface area contributed by atoms with Crippen molar-refractivity contribution in [3.8, 4) is 17.2 Å². The number of nitrogens with one attached hydrogen (secondary N) is 1. The van der Waals surface area contributed by atoms with Gasteiger partial charge in [-0.05, 0) is 60.9 Å². The summed E-state index contributed by atoms with van der Waals surface area (Å²) >= 11 is 0. The van der Waals surface area contributed by atoms with Gasteiger partial charge >= 0.3 is 0 Å². The summed E-state index contributed by atoms with van der Waals surface area (Å²) in [7, 11) is 3.27. The van der Waals surface area contributed by atoms with E-state index in [2.05, 4.69) is 15.2 Å². The highest BCUT2D eigenvalue weighted by Crippen LogP contribution is 2.33. The molecule has 0 aliphatic carbocycles. The highest BCUT2D eigenvalue weighted by atomic mass is 127. The Kier molecular flexibility index (Phi) is 10.3. The van der Waals surface area contributed by atoms with E-state index in [1.807, 2.05) is 19.1 Å². The number of aliphatic imine (C=N–C) groups is 1. The number of fused-ring (bicyclic) bond motifs is 1. The maximum atomic E-state index is 13.0. The molecule has 2 N–H and O–H groups in total. The second-order valence-electron chi connectivity index (χ2n) is 7.26. The summed E-state index contributed by atoms with van der Waals surface area (Å²) in [5.74, 6) is 2.36. The Morgan fingerprint density at radius 3 is 2.44 bits per heavy atom. The third-order valence-electron chi connectivity index (χ3n) is 5.06. The number of methoxy groups -OCH3 is 2. The fourth-order valence-electron chi connectivity index (χ4n) is 3.46. The van der Waals surface area contributed by atoms with Crippen molar-refractivity contribution in [2.45, 2.75) is 26.0 Å². The molecule has 0 spiro atoms. The molecule has 0 aromatic heterocycles. The number of guanidine groups is 1. The average molecular weight is 559 g/mol. The van der Waals surface area contributed by atoms with Gasteiger partial charge in [0.1, 0.15) is 24.3 Å². The minimum Gasteiger partial charge on any atom is -0.493 e. The van der Waals surface area contributed by atoms with Crippen molar-refractivity contribution in [2.24, 2.45) is 4.99 Å². The van der Waals surface area contributed by atoms with E-state index in [0.29, 0.717) is 18.0 Å². The Balaban J connectivity index is 0.00000363. The number of hydrogen-bond acceptors (Lipinski definition) is 5. The molecule has 7 nitrogen and oxygen atoms in total. The lowest BCUT2D eigenvalue weighted by molar-refractivity contribution is 0.114. The highest BCUT2D eigenvalue weighted by molar-refractivity contribution is 14.0. The Morgan fingerprint density at radius 1 is 1.16 bits per heavy atom. The van der Waals surface area contributed by atoms with Crippen LogP contribution in [-0.2, 0) is 13.0 Å². The van der Waals surface area contributed by atoms with Crippen molar-refractivity contribution in [2.75, 3.05) is 40.5 Å². The molecule has 0 bridgehead atoms. The number of nitrogens with zero attached hydrogens (tertiary/aromatic N) is 2. The number of benzene rings is 2. The molecule has 9 heteroatoms. The molecular weight excluding hydrogens is 528 g/mol. The van der Waals surface area contributed by atoms with Gasteiger partial charge in [0.2, 0.25) is 0 Å². The molecule has 176 valence electrons. The molecule has 1 atom stereocenters. The third-order valence-corrected chi connectivity index (χ3v) is 5.06. The molecule has 2 aromatic rings. The number of aliphatic hydroxyl groups is 1. The fourth-order valence-corrected chi connectivity index (χ4v) is 3.46. The number of hydrogen-bond donors (Lipinski definition) is 2. The summed E-state index contributed by atoms with van der Waals surface area (Å²) in [6.07, 6.45) is 0.0798. The van der Waals surface area contributed by atoms with E-state index in [1.54, 1.807) is 14.2 Å². The second-order valence-corrected chi connectivity index (χ2v) is 7.26. The van der Waals surface area contributed by atoms with Gasteiger partial charge in [0.05, 0.1) is 20.8 Å². The molecule has 0 saturated carbocycles. The predicted octanol–water partition coefficient (Wildman–Crippen LogP) is 3.22. The molecule has 1 aliphatic heterocycles. The van der Waals surface area contributed by atoms with Crippen molar-refractivity contribution in [3.63, 3.8) is 0 Å². The van der Waals surface area contributed by atoms with E-state index >= 15 is 0 Å². The van der Waals surface area contributed by atoms with Crippen LogP contribution in [-0.4, -0.2) is 62.5 Å². The number of halogens is 2. The van der Waals surface area contributed by atoms with Crippen molar-refractivity contribution >= 4 is 29.9 Å². The summed E-state index contributed by atoms with van der Waals surface area (Å²) in [5, 5.41) is 13.6. The number of ether oxygens (including phenoxy) is 3. The van der Waals surface area contributed by atoms with Crippen LogP contribution in [0.25, 0.3) is 0 Å². The van der Waals surface area contributed by atoms with Crippen LogP contribution in [0.3, 0.4) is 0 Å². The molecule has 32 heavy (non-hydrogen) atoms. The quantitative estimate of drug-likeness (QED) is 0.294. The SMILES string of the molecule is CCNC(=NCC(O)COc1ccc(F)cc1)N1CCc2cc(OC)c(OC)cc2C1.I. The first-order valence-electron chi connectivity index (χ1n) is 10.4. The zero-order valence-corrected chi connectivity index (χ0v) is 21.0. The Labute approximate surface area is 205 Å². The molecule has 3 rings (SSSR count). The third kappa shape index (κ3) is 6.86. The van der Waals surface area contributed by atoms with Gasteiger partial charge in [0.25, 0.3) is 0 Å². The lowest BCUT2D eigenvalue weighted by atomic mass is 9.99. The standard InChI is InChI=1S/C23H30FN3O4.HI/c1-4-25-23(26-13-19(28)15-31-20-7-5-18(24)6-8-20)27-10-9-16-11-21(29-2)22(30-3)12-17(16)14-27;/h5-8,11-12,19,28H,4,9-10,13-15H2,1-3H3,(H,25,26);1H. The first kappa shape index (κ1) is 26.0. The minimum absolute atomic E-state index is 0. The molecule has 0 fully saturated rings. The number of aliphatic hydroxyl groups excluding tert-OH is 1. The summed E-state index contributed by atoms with van der Waals surface area (Å²) in [5.41, 5.74) is 2.40. The van der Waals surface area contributed by atoms with E-state index in [0.717, 1.165) is 36.8 Å². The van der Waals surface area contributed by atoms with Gasteiger partial charge in [-0.3, -0.25) is 4.99 Å². The monoisotopic (exact) mass is 559 g/mol. The van der Waals surface area contributed by atoms with E-state index in [-0.39, 0.29) is 42.9 Å². The summed E-state index contributed by atoms with van der Waals surface area (Å²) in [6, 6.07) is 9.75. The zero-order valence-electron chi connectivity index (χ0n) is 18.6. The second kappa shape index (κ2) is 12.7. The molecule has 0 saturated heterocycles. The van der Waals surface area contributed by atoms with Crippen molar-refractivity contribution in [1.82, 2.24) is 10.2 Å². The Morgan fingerprint density at radius 2 is 1.81 bits per heavy atom. The lowest BCUT2D eigenvalue weighted by Gasteiger charge is -2.32.